The minimum absolute atomic E-state index is 0.612. The molecule has 1 aromatic carbocycles. The predicted molar refractivity (Wildman–Crippen MR) is 72.8 cm³/mol. The predicted octanol–water partition coefficient (Wildman–Crippen LogP) is 2.49. The SMILES string of the molecule is Cc1ccc2c(c1)nc(C1CC3CCC1N3)n2C. The van der Waals surface area contributed by atoms with Gasteiger partial charge in [-0.1, -0.05) is 6.07 Å². The summed E-state index contributed by atoms with van der Waals surface area (Å²) in [5.74, 6) is 1.89. The number of aromatic nitrogens is 2. The van der Waals surface area contributed by atoms with Gasteiger partial charge >= 0.3 is 0 Å². The van der Waals surface area contributed by atoms with Crippen LogP contribution >= 0.6 is 0 Å². The molecule has 3 atom stereocenters. The molecule has 3 nitrogen and oxygen atoms in total. The quantitative estimate of drug-likeness (QED) is 0.831. The van der Waals surface area contributed by atoms with Crippen LogP contribution in [0.1, 0.15) is 36.6 Å². The standard InChI is InChI=1S/C15H19N3/c1-9-3-6-14-13(7-9)17-15(18(14)2)11-8-10-4-5-12(11)16-10/h3,6-7,10-12,16H,4-5,8H2,1-2H3. The molecule has 0 amide bonds. The lowest BCUT2D eigenvalue weighted by molar-refractivity contribution is 0.478. The lowest BCUT2D eigenvalue weighted by atomic mass is 9.88. The molecule has 94 valence electrons. The Bertz CT molecular complexity index is 613. The summed E-state index contributed by atoms with van der Waals surface area (Å²) in [5.41, 5.74) is 3.70. The number of nitrogens with zero attached hydrogens (tertiary/aromatic N) is 2. The number of imidazole rings is 1. The van der Waals surface area contributed by atoms with Gasteiger partial charge in [-0.25, -0.2) is 4.98 Å². The van der Waals surface area contributed by atoms with E-state index in [1.807, 2.05) is 0 Å². The van der Waals surface area contributed by atoms with Crippen molar-refractivity contribution in [3.8, 4) is 0 Å². The molecule has 2 saturated heterocycles. The molecule has 3 heteroatoms. The number of hydrogen-bond donors (Lipinski definition) is 1. The van der Waals surface area contributed by atoms with E-state index >= 15 is 0 Å². The van der Waals surface area contributed by atoms with E-state index in [0.717, 1.165) is 11.6 Å². The van der Waals surface area contributed by atoms with E-state index in [4.69, 9.17) is 4.98 Å². The van der Waals surface area contributed by atoms with Crippen LogP contribution in [0.3, 0.4) is 0 Å². The first-order valence-electron chi connectivity index (χ1n) is 6.91. The van der Waals surface area contributed by atoms with Crippen molar-refractivity contribution < 1.29 is 0 Å². The zero-order chi connectivity index (χ0) is 12.3. The summed E-state index contributed by atoms with van der Waals surface area (Å²) in [6, 6.07) is 7.96. The van der Waals surface area contributed by atoms with Crippen LogP contribution in [0.4, 0.5) is 0 Å². The maximum atomic E-state index is 4.90. The topological polar surface area (TPSA) is 29.9 Å². The smallest absolute Gasteiger partial charge is 0.114 e. The average molecular weight is 241 g/mol. The number of fused-ring (bicyclic) bond motifs is 3. The first-order valence-corrected chi connectivity index (χ1v) is 6.91. The highest BCUT2D eigenvalue weighted by Gasteiger charge is 2.41. The third-order valence-electron chi connectivity index (χ3n) is 4.70. The minimum atomic E-state index is 0.612. The number of hydrogen-bond acceptors (Lipinski definition) is 2. The Balaban J connectivity index is 1.83. The van der Waals surface area contributed by atoms with Gasteiger partial charge in [0, 0.05) is 25.0 Å². The number of rotatable bonds is 1. The second-order valence-corrected chi connectivity index (χ2v) is 5.91. The summed E-state index contributed by atoms with van der Waals surface area (Å²) in [6.45, 7) is 2.13. The molecule has 0 radical (unpaired) electrons. The maximum absolute atomic E-state index is 4.90. The van der Waals surface area contributed by atoms with Crippen molar-refractivity contribution in [3.63, 3.8) is 0 Å². The molecule has 0 spiro atoms. The Hall–Kier alpha value is -1.35. The Kier molecular flexibility index (Phi) is 2.10. The van der Waals surface area contributed by atoms with Crippen molar-refractivity contribution in [1.82, 2.24) is 14.9 Å². The Morgan fingerprint density at radius 1 is 1.33 bits per heavy atom. The Morgan fingerprint density at radius 3 is 2.94 bits per heavy atom. The molecule has 2 aliphatic rings. The normalized spacial score (nSPS) is 30.4. The highest BCUT2D eigenvalue weighted by molar-refractivity contribution is 5.77. The largest absolute Gasteiger partial charge is 0.331 e. The molecule has 4 rings (SSSR count). The van der Waals surface area contributed by atoms with Gasteiger partial charge in [0.15, 0.2) is 0 Å². The molecule has 0 aliphatic carbocycles. The van der Waals surface area contributed by atoms with Crippen molar-refractivity contribution in [2.45, 2.75) is 44.2 Å². The molecule has 0 saturated carbocycles. The number of nitrogens with one attached hydrogen (secondary N) is 1. The summed E-state index contributed by atoms with van der Waals surface area (Å²) in [6.07, 6.45) is 3.93. The number of benzene rings is 1. The minimum Gasteiger partial charge on any atom is -0.331 e. The summed E-state index contributed by atoms with van der Waals surface area (Å²) in [4.78, 5) is 4.90. The third-order valence-corrected chi connectivity index (χ3v) is 4.70. The van der Waals surface area contributed by atoms with Gasteiger partial charge in [0.05, 0.1) is 11.0 Å². The van der Waals surface area contributed by atoms with Crippen LogP contribution in [-0.2, 0) is 7.05 Å². The fourth-order valence-corrected chi connectivity index (χ4v) is 3.77. The summed E-state index contributed by atoms with van der Waals surface area (Å²) < 4.78 is 2.29. The maximum Gasteiger partial charge on any atom is 0.114 e. The van der Waals surface area contributed by atoms with Crippen LogP contribution in [0.2, 0.25) is 0 Å². The molecule has 18 heavy (non-hydrogen) atoms. The lowest BCUT2D eigenvalue weighted by Crippen LogP contribution is -2.23. The van der Waals surface area contributed by atoms with E-state index < -0.39 is 0 Å². The molecule has 2 aliphatic heterocycles. The average Bonchev–Trinajstić information content (AvgIpc) is 3.03. The van der Waals surface area contributed by atoms with Gasteiger partial charge in [-0.15, -0.1) is 0 Å². The van der Waals surface area contributed by atoms with E-state index in [1.165, 1.54) is 36.2 Å². The molecule has 2 fully saturated rings. The van der Waals surface area contributed by atoms with Gasteiger partial charge in [0.1, 0.15) is 5.82 Å². The molecular formula is C15H19N3. The first kappa shape index (κ1) is 10.6. The van der Waals surface area contributed by atoms with E-state index in [9.17, 15) is 0 Å². The van der Waals surface area contributed by atoms with Crippen LogP contribution in [0, 0.1) is 6.92 Å². The van der Waals surface area contributed by atoms with Crippen molar-refractivity contribution in [2.75, 3.05) is 0 Å². The second kappa shape index (κ2) is 3.58. The second-order valence-electron chi connectivity index (χ2n) is 5.91. The van der Waals surface area contributed by atoms with Crippen molar-refractivity contribution in [2.24, 2.45) is 7.05 Å². The van der Waals surface area contributed by atoms with Gasteiger partial charge < -0.3 is 9.88 Å². The van der Waals surface area contributed by atoms with Crippen LogP contribution in [0.5, 0.6) is 0 Å². The van der Waals surface area contributed by atoms with Crippen molar-refractivity contribution in [1.29, 1.82) is 0 Å². The molecular weight excluding hydrogens is 222 g/mol. The van der Waals surface area contributed by atoms with Crippen molar-refractivity contribution >= 4 is 11.0 Å². The van der Waals surface area contributed by atoms with E-state index in [2.05, 4.69) is 42.1 Å². The Labute approximate surface area is 107 Å². The van der Waals surface area contributed by atoms with Gasteiger partial charge in [-0.05, 0) is 43.9 Å². The van der Waals surface area contributed by atoms with Crippen LogP contribution in [0.15, 0.2) is 18.2 Å². The molecule has 1 N–H and O–H groups in total. The fraction of sp³-hybridized carbons (Fsp3) is 0.533. The Morgan fingerprint density at radius 2 is 2.22 bits per heavy atom. The zero-order valence-corrected chi connectivity index (χ0v) is 11.0. The van der Waals surface area contributed by atoms with E-state index in [0.29, 0.717) is 12.0 Å². The molecule has 2 bridgehead atoms. The van der Waals surface area contributed by atoms with E-state index in [-0.39, 0.29) is 0 Å². The van der Waals surface area contributed by atoms with Gasteiger partial charge in [0.2, 0.25) is 0 Å². The molecule has 3 unspecified atom stereocenters. The molecule has 3 heterocycles. The van der Waals surface area contributed by atoms with Gasteiger partial charge in [-0.3, -0.25) is 0 Å². The summed E-state index contributed by atoms with van der Waals surface area (Å²) >= 11 is 0. The molecule has 2 aromatic rings. The van der Waals surface area contributed by atoms with Crippen molar-refractivity contribution in [3.05, 3.63) is 29.6 Å². The monoisotopic (exact) mass is 241 g/mol. The highest BCUT2D eigenvalue weighted by atomic mass is 15.1. The van der Waals surface area contributed by atoms with Crippen LogP contribution in [-0.4, -0.2) is 21.6 Å². The summed E-state index contributed by atoms with van der Waals surface area (Å²) in [5, 5.41) is 3.71. The van der Waals surface area contributed by atoms with Gasteiger partial charge in [0.25, 0.3) is 0 Å². The van der Waals surface area contributed by atoms with Crippen LogP contribution < -0.4 is 5.32 Å². The third kappa shape index (κ3) is 1.37. The number of aryl methyl sites for hydroxylation is 2. The van der Waals surface area contributed by atoms with E-state index in [1.54, 1.807) is 0 Å². The summed E-state index contributed by atoms with van der Waals surface area (Å²) in [7, 11) is 2.16. The highest BCUT2D eigenvalue weighted by Crippen LogP contribution is 2.40. The fourth-order valence-electron chi connectivity index (χ4n) is 3.77. The van der Waals surface area contributed by atoms with Crippen LogP contribution in [0.25, 0.3) is 11.0 Å². The zero-order valence-electron chi connectivity index (χ0n) is 11.0. The van der Waals surface area contributed by atoms with Gasteiger partial charge in [-0.2, -0.15) is 0 Å². The lowest BCUT2D eigenvalue weighted by Gasteiger charge is -2.19. The molecule has 1 aromatic heterocycles. The first-order chi connectivity index (χ1) is 8.72.